The molecule has 11 heteroatoms. The third kappa shape index (κ3) is 6.27. The van der Waals surface area contributed by atoms with Gasteiger partial charge in [0, 0.05) is 5.69 Å². The molecule has 0 aromatic heterocycles. The van der Waals surface area contributed by atoms with Crippen molar-refractivity contribution < 1.29 is 27.2 Å². The van der Waals surface area contributed by atoms with Gasteiger partial charge in [-0.1, -0.05) is 5.04 Å². The first kappa shape index (κ1) is 21.3. The molecule has 2 aromatic rings. The fourth-order valence-corrected chi connectivity index (χ4v) is 3.50. The van der Waals surface area contributed by atoms with Gasteiger partial charge in [0.05, 0.1) is 28.6 Å². The van der Waals surface area contributed by atoms with Crippen LogP contribution in [0, 0.1) is 13.8 Å². The van der Waals surface area contributed by atoms with Gasteiger partial charge in [-0.25, -0.2) is 13.7 Å². The highest BCUT2D eigenvalue weighted by atomic mass is 32.2. The van der Waals surface area contributed by atoms with Crippen molar-refractivity contribution in [2.45, 2.75) is 18.7 Å². The van der Waals surface area contributed by atoms with Gasteiger partial charge in [-0.05, 0) is 61.4 Å². The lowest BCUT2D eigenvalue weighted by atomic mass is 10.1. The fourth-order valence-electron chi connectivity index (χ4n) is 2.09. The SMILES string of the molecule is Cc1cc(/N=N/c2ccc(S(=O)(=O)CCOSOOO)cc2)c(C)cc1N. The Bertz CT molecular complexity index is 901. The van der Waals surface area contributed by atoms with Gasteiger partial charge in [0.1, 0.15) is 0 Å². The lowest BCUT2D eigenvalue weighted by Gasteiger charge is -2.05. The Kier molecular flexibility index (Phi) is 7.71. The number of hydrogen-bond acceptors (Lipinski definition) is 10. The number of sulfone groups is 1. The van der Waals surface area contributed by atoms with Gasteiger partial charge in [0.2, 0.25) is 0 Å². The number of anilines is 1. The van der Waals surface area contributed by atoms with Crippen molar-refractivity contribution in [2.24, 2.45) is 10.2 Å². The monoisotopic (exact) mass is 413 g/mol. The fraction of sp³-hybridized carbons (Fsp3) is 0.250. The van der Waals surface area contributed by atoms with E-state index in [1.54, 1.807) is 12.1 Å². The van der Waals surface area contributed by atoms with Crippen LogP contribution in [0.1, 0.15) is 11.1 Å². The highest BCUT2D eigenvalue weighted by molar-refractivity contribution is 7.91. The molecule has 0 atom stereocenters. The van der Waals surface area contributed by atoms with Crippen LogP contribution in [-0.2, 0) is 23.4 Å². The molecule has 0 fully saturated rings. The van der Waals surface area contributed by atoms with Gasteiger partial charge in [0.15, 0.2) is 22.2 Å². The topological polar surface area (TPSA) is 133 Å². The molecule has 0 bridgehead atoms. The lowest BCUT2D eigenvalue weighted by molar-refractivity contribution is -0.434. The minimum absolute atomic E-state index is 0.133. The molecule has 0 amide bonds. The molecule has 0 aliphatic rings. The van der Waals surface area contributed by atoms with E-state index < -0.39 is 9.84 Å². The number of benzene rings is 2. The molecule has 0 radical (unpaired) electrons. The summed E-state index contributed by atoms with van der Waals surface area (Å²) < 4.78 is 33.1. The molecular formula is C16H19N3O6S2. The van der Waals surface area contributed by atoms with Crippen LogP contribution >= 0.6 is 12.3 Å². The maximum Gasteiger partial charge on any atom is 0.197 e. The number of nitrogen functional groups attached to an aromatic ring is 1. The second-order valence-corrected chi connectivity index (χ2v) is 8.16. The molecule has 0 unspecified atom stereocenters. The summed E-state index contributed by atoms with van der Waals surface area (Å²) in [6.07, 6.45) is 0. The molecule has 2 rings (SSSR count). The molecule has 146 valence electrons. The second kappa shape index (κ2) is 9.78. The number of nitrogens with zero attached hydrogens (tertiary/aromatic N) is 2. The lowest BCUT2D eigenvalue weighted by Crippen LogP contribution is -2.10. The van der Waals surface area contributed by atoms with Crippen molar-refractivity contribution >= 4 is 39.2 Å². The Morgan fingerprint density at radius 1 is 1.11 bits per heavy atom. The van der Waals surface area contributed by atoms with Gasteiger partial charge in [-0.15, -0.1) is 4.33 Å². The summed E-state index contributed by atoms with van der Waals surface area (Å²) in [5.41, 5.74) is 9.56. The minimum Gasteiger partial charge on any atom is -0.399 e. The predicted molar refractivity (Wildman–Crippen MR) is 101 cm³/mol. The van der Waals surface area contributed by atoms with Crippen LogP contribution in [0.2, 0.25) is 0 Å². The number of hydrogen-bond donors (Lipinski definition) is 2. The van der Waals surface area contributed by atoms with E-state index >= 15 is 0 Å². The Morgan fingerprint density at radius 2 is 1.81 bits per heavy atom. The van der Waals surface area contributed by atoms with E-state index in [0.717, 1.165) is 11.1 Å². The third-order valence-corrected chi connectivity index (χ3v) is 5.67. The molecule has 9 nitrogen and oxygen atoms in total. The number of aryl methyl sites for hydroxylation is 2. The van der Waals surface area contributed by atoms with E-state index in [1.807, 2.05) is 26.0 Å². The van der Waals surface area contributed by atoms with E-state index in [-0.39, 0.29) is 17.3 Å². The standard InChI is InChI=1S/C16H19N3O6S2/c1-11-10-16(12(2)9-15(11)17)19-18-13-3-5-14(6-4-13)27(21,22)8-7-23-26-25-24-20/h3-6,9-10,20H,7-8,17H2,1-2H3/b19-18+. The Labute approximate surface area is 161 Å². The van der Waals surface area contributed by atoms with Gasteiger partial charge >= 0.3 is 0 Å². The molecule has 0 aliphatic heterocycles. The van der Waals surface area contributed by atoms with Crippen LogP contribution in [0.4, 0.5) is 17.1 Å². The minimum atomic E-state index is -3.53. The highest BCUT2D eigenvalue weighted by Crippen LogP contribution is 2.27. The summed E-state index contributed by atoms with van der Waals surface area (Å²) >= 11 is 0.327. The zero-order valence-corrected chi connectivity index (χ0v) is 16.3. The molecule has 2 aromatic carbocycles. The quantitative estimate of drug-likeness (QED) is 0.157. The van der Waals surface area contributed by atoms with Crippen molar-refractivity contribution in [3.8, 4) is 0 Å². The van der Waals surface area contributed by atoms with Crippen molar-refractivity contribution in [1.82, 2.24) is 0 Å². The number of azo groups is 1. The number of rotatable bonds is 9. The molecule has 27 heavy (non-hydrogen) atoms. The summed E-state index contributed by atoms with van der Waals surface area (Å²) in [6, 6.07) is 9.70. The van der Waals surface area contributed by atoms with Crippen LogP contribution in [0.3, 0.4) is 0 Å². The van der Waals surface area contributed by atoms with Crippen molar-refractivity contribution in [3.63, 3.8) is 0 Å². The molecular weight excluding hydrogens is 394 g/mol. The third-order valence-electron chi connectivity index (χ3n) is 3.60. The largest absolute Gasteiger partial charge is 0.399 e. The Balaban J connectivity index is 2.03. The maximum absolute atomic E-state index is 12.2. The van der Waals surface area contributed by atoms with Crippen molar-refractivity contribution in [1.29, 1.82) is 0 Å². The summed E-state index contributed by atoms with van der Waals surface area (Å²) in [6.45, 7) is 3.63. The van der Waals surface area contributed by atoms with E-state index in [9.17, 15) is 8.42 Å². The highest BCUT2D eigenvalue weighted by Gasteiger charge is 2.14. The van der Waals surface area contributed by atoms with Crippen LogP contribution < -0.4 is 5.73 Å². The number of nitrogens with two attached hydrogens (primary N) is 1. The molecule has 0 saturated carbocycles. The van der Waals surface area contributed by atoms with Crippen LogP contribution in [-0.4, -0.2) is 26.0 Å². The first-order valence-corrected chi connectivity index (χ1v) is 10.0. The van der Waals surface area contributed by atoms with Gasteiger partial charge in [-0.3, -0.25) is 4.18 Å². The normalized spacial score (nSPS) is 12.0. The predicted octanol–water partition coefficient (Wildman–Crippen LogP) is 4.08. The van der Waals surface area contributed by atoms with E-state index in [0.29, 0.717) is 29.4 Å². The summed E-state index contributed by atoms with van der Waals surface area (Å²) in [7, 11) is -3.53. The van der Waals surface area contributed by atoms with Crippen molar-refractivity contribution in [2.75, 3.05) is 18.1 Å². The zero-order valence-electron chi connectivity index (χ0n) is 14.7. The average molecular weight is 413 g/mol. The summed E-state index contributed by atoms with van der Waals surface area (Å²) in [5, 5.41) is 19.6. The first-order chi connectivity index (χ1) is 12.8. The summed E-state index contributed by atoms with van der Waals surface area (Å²) in [5.74, 6) is -0.264. The van der Waals surface area contributed by atoms with Crippen LogP contribution in [0.15, 0.2) is 51.5 Å². The van der Waals surface area contributed by atoms with Gasteiger partial charge < -0.3 is 5.73 Å². The van der Waals surface area contributed by atoms with E-state index in [2.05, 4.69) is 19.6 Å². The average Bonchev–Trinajstić information content (AvgIpc) is 2.64. The van der Waals surface area contributed by atoms with Gasteiger partial charge in [-0.2, -0.15) is 10.2 Å². The van der Waals surface area contributed by atoms with Crippen LogP contribution in [0.5, 0.6) is 0 Å². The molecule has 3 N–H and O–H groups in total. The zero-order chi connectivity index (χ0) is 19.9. The first-order valence-electron chi connectivity index (χ1n) is 7.71. The molecule has 0 aliphatic carbocycles. The Hall–Kier alpha value is -2.02. The Morgan fingerprint density at radius 3 is 2.48 bits per heavy atom. The molecule has 0 spiro atoms. The smallest absolute Gasteiger partial charge is 0.197 e. The summed E-state index contributed by atoms with van der Waals surface area (Å²) in [4.78, 5) is 0.133. The van der Waals surface area contributed by atoms with Crippen LogP contribution in [0.25, 0.3) is 0 Å². The van der Waals surface area contributed by atoms with E-state index in [1.165, 1.54) is 12.1 Å². The van der Waals surface area contributed by atoms with E-state index in [4.69, 9.17) is 15.2 Å². The van der Waals surface area contributed by atoms with Crippen molar-refractivity contribution in [3.05, 3.63) is 47.5 Å². The second-order valence-electron chi connectivity index (χ2n) is 5.54. The molecule has 0 saturated heterocycles. The van der Waals surface area contributed by atoms with Gasteiger partial charge in [0.25, 0.3) is 0 Å². The molecule has 0 heterocycles. The maximum atomic E-state index is 12.2.